The second-order valence-electron chi connectivity index (χ2n) is 10.8. The van der Waals surface area contributed by atoms with Crippen LogP contribution in [0.4, 0.5) is 11.4 Å². The number of nitrogens with zero attached hydrogens (tertiary/aromatic N) is 5. The number of nitrogen functional groups attached to an aromatic ring is 1. The fourth-order valence-corrected chi connectivity index (χ4v) is 8.50. The number of fused-ring (bicyclic) bond motifs is 4. The number of hydrogen-bond donors (Lipinski definition) is 1. The number of nitrogens with two attached hydrogens (primary N) is 1. The van der Waals surface area contributed by atoms with Gasteiger partial charge in [-0.3, -0.25) is 10.1 Å². The zero-order chi connectivity index (χ0) is 36.3. The fraction of sp³-hybridized carbons (Fsp3) is 0. The van der Waals surface area contributed by atoms with E-state index in [1.165, 1.54) is 36.7 Å². The average Bonchev–Trinajstić information content (AvgIpc) is 3.76. The van der Waals surface area contributed by atoms with Crippen LogP contribution < -0.4 is 5.73 Å². The Labute approximate surface area is 308 Å². The number of hydrogen-bond acceptors (Lipinski definition) is 9. The van der Waals surface area contributed by atoms with Crippen molar-refractivity contribution < 1.29 is 21.8 Å². The van der Waals surface area contributed by atoms with Gasteiger partial charge in [0.1, 0.15) is 0 Å². The van der Waals surface area contributed by atoms with Crippen LogP contribution in [0.3, 0.4) is 0 Å². The van der Waals surface area contributed by atoms with Crippen LogP contribution in [0.5, 0.6) is 0 Å². The van der Waals surface area contributed by atoms with Gasteiger partial charge >= 0.3 is 36.7 Å². The molecule has 256 valence electrons. The zero-order valence-electron chi connectivity index (χ0n) is 26.0. The molecule has 0 spiro atoms. The van der Waals surface area contributed by atoms with E-state index in [1.54, 1.807) is 54.6 Å². The van der Waals surface area contributed by atoms with Gasteiger partial charge in [-0.25, -0.2) is 0 Å². The predicted octanol–water partition coefficient (Wildman–Crippen LogP) is 7.34. The summed E-state index contributed by atoms with van der Waals surface area (Å²) < 4.78 is 54.3. The van der Waals surface area contributed by atoms with Gasteiger partial charge in [-0.2, -0.15) is 35.2 Å². The summed E-state index contributed by atoms with van der Waals surface area (Å²) in [6.07, 6.45) is 2.90. The standard InChI is InChI=1S/C17H11N3O4S.C17H13N3O2S.2ClH.Sn/c21-20(22)14-9-8-13-11-18-19(16(13)10-14)25(23,24)17-7-3-5-12-4-1-2-6-15(12)17;18-14-9-8-13-11-19-20(16(13)10-14)23(21,22)17-7-3-5-12-4-1-2-6-15(12)17;;;/h1-11H;1-11H,18H2;2*1H;/q;;;;+2/p-2. The van der Waals surface area contributed by atoms with Gasteiger partial charge in [0.2, 0.25) is 0 Å². The van der Waals surface area contributed by atoms with E-state index in [4.69, 9.17) is 23.6 Å². The van der Waals surface area contributed by atoms with E-state index in [-0.39, 0.29) is 21.0 Å². The van der Waals surface area contributed by atoms with Crippen molar-refractivity contribution in [3.63, 3.8) is 0 Å². The zero-order valence-corrected chi connectivity index (χ0v) is 32.0. The molecule has 17 heteroatoms. The molecular weight excluding hydrogens is 842 g/mol. The van der Waals surface area contributed by atoms with Crippen molar-refractivity contribution in [1.82, 2.24) is 18.4 Å². The van der Waals surface area contributed by atoms with Gasteiger partial charge in [0, 0.05) is 39.4 Å². The van der Waals surface area contributed by atoms with Crippen LogP contribution >= 0.6 is 17.8 Å². The van der Waals surface area contributed by atoms with E-state index < -0.39 is 43.9 Å². The van der Waals surface area contributed by atoms with Gasteiger partial charge in [0.05, 0.1) is 38.1 Å². The van der Waals surface area contributed by atoms with Crippen LogP contribution in [0.2, 0.25) is 0 Å². The van der Waals surface area contributed by atoms with Gasteiger partial charge in [-0.15, -0.1) is 0 Å². The monoisotopic (exact) mass is 866 g/mol. The van der Waals surface area contributed by atoms with E-state index in [0.29, 0.717) is 27.4 Å². The van der Waals surface area contributed by atoms with Gasteiger partial charge < -0.3 is 5.73 Å². The van der Waals surface area contributed by atoms with Crippen LogP contribution in [0.25, 0.3) is 43.4 Å². The van der Waals surface area contributed by atoms with Crippen molar-refractivity contribution in [3.05, 3.63) is 144 Å². The molecule has 0 bridgehead atoms. The van der Waals surface area contributed by atoms with E-state index in [9.17, 15) is 26.9 Å². The minimum absolute atomic E-state index is 0.0992. The first-order chi connectivity index (χ1) is 24.5. The van der Waals surface area contributed by atoms with E-state index in [0.717, 1.165) is 24.3 Å². The van der Waals surface area contributed by atoms with Crippen LogP contribution in [-0.4, -0.2) is 59.0 Å². The maximum atomic E-state index is 13.1. The normalized spacial score (nSPS) is 11.6. The molecule has 2 radical (unpaired) electrons. The third-order valence-electron chi connectivity index (χ3n) is 7.81. The van der Waals surface area contributed by atoms with Gasteiger partial charge in [-0.05, 0) is 47.2 Å². The third kappa shape index (κ3) is 7.09. The van der Waals surface area contributed by atoms with Gasteiger partial charge in [-0.1, -0.05) is 72.8 Å². The molecule has 2 heterocycles. The van der Waals surface area contributed by atoms with E-state index in [2.05, 4.69) is 10.2 Å². The molecule has 0 atom stereocenters. The SMILES string of the molecule is Nc1ccc2cnn(S(=O)(=O)c3cccc4ccccc34)c2c1.O=[N+]([O-])c1ccc2cnn(S(=O)(=O)c3cccc4ccccc34)c2c1.[Cl][Sn][Cl]. The number of aromatic nitrogens is 4. The van der Waals surface area contributed by atoms with Crippen LogP contribution in [-0.2, 0) is 20.0 Å². The predicted molar refractivity (Wildman–Crippen MR) is 201 cm³/mol. The summed E-state index contributed by atoms with van der Waals surface area (Å²) >= 11 is -0.826. The molecular formula is C34H24Cl2N6O6S2Sn. The van der Waals surface area contributed by atoms with Crippen molar-refractivity contribution >= 4 is 112 Å². The Morgan fingerprint density at radius 3 is 1.53 bits per heavy atom. The molecule has 0 aliphatic rings. The molecule has 0 saturated heterocycles. The Morgan fingerprint density at radius 1 is 0.608 bits per heavy atom. The molecule has 51 heavy (non-hydrogen) atoms. The molecule has 0 unspecified atom stereocenters. The third-order valence-corrected chi connectivity index (χ3v) is 11.1. The molecule has 0 fully saturated rings. The molecule has 8 aromatic rings. The second-order valence-corrected chi connectivity index (χ2v) is 18.5. The van der Waals surface area contributed by atoms with Gasteiger partial charge in [0.25, 0.3) is 25.7 Å². The minimum atomic E-state index is -4.01. The first-order valence-corrected chi connectivity index (χ1v) is 24.9. The van der Waals surface area contributed by atoms with Crippen LogP contribution in [0.15, 0.2) is 144 Å². The Morgan fingerprint density at radius 2 is 1.04 bits per heavy atom. The topological polar surface area (TPSA) is 173 Å². The number of nitro benzene ring substituents is 1. The number of rotatable bonds is 5. The first kappa shape index (κ1) is 36.1. The summed E-state index contributed by atoms with van der Waals surface area (Å²) in [4.78, 5) is 10.8. The number of non-ortho nitro benzene ring substituents is 1. The van der Waals surface area contributed by atoms with Crippen molar-refractivity contribution in [2.45, 2.75) is 9.79 Å². The average molecular weight is 866 g/mol. The molecule has 6 aromatic carbocycles. The number of halogens is 2. The Balaban J connectivity index is 0.000000164. The molecule has 0 aliphatic heterocycles. The molecule has 0 saturated carbocycles. The summed E-state index contributed by atoms with van der Waals surface area (Å²) in [5, 5.41) is 23.1. The quantitative estimate of drug-likeness (QED) is 0.0804. The molecule has 0 amide bonds. The van der Waals surface area contributed by atoms with E-state index >= 15 is 0 Å². The van der Waals surface area contributed by atoms with Crippen molar-refractivity contribution in [3.8, 4) is 0 Å². The molecule has 2 N–H and O–H groups in total. The second kappa shape index (κ2) is 14.9. The van der Waals surface area contributed by atoms with Crippen molar-refractivity contribution in [2.24, 2.45) is 0 Å². The Bertz CT molecular complexity index is 2800. The summed E-state index contributed by atoms with van der Waals surface area (Å²) in [5.74, 6) is 0. The molecule has 0 aliphatic carbocycles. The number of anilines is 1. The first-order valence-electron chi connectivity index (χ1n) is 14.8. The van der Waals surface area contributed by atoms with Crippen molar-refractivity contribution in [2.75, 3.05) is 5.73 Å². The Kier molecular flexibility index (Phi) is 10.5. The van der Waals surface area contributed by atoms with Crippen LogP contribution in [0, 0.1) is 10.1 Å². The molecule has 12 nitrogen and oxygen atoms in total. The maximum absolute atomic E-state index is 13.1. The van der Waals surface area contributed by atoms with E-state index in [1.807, 2.05) is 42.5 Å². The van der Waals surface area contributed by atoms with Crippen LogP contribution in [0.1, 0.15) is 0 Å². The Hall–Kier alpha value is -4.74. The summed E-state index contributed by atoms with van der Waals surface area (Å²) in [7, 11) is 2.04. The summed E-state index contributed by atoms with van der Waals surface area (Å²) in [5.41, 5.74) is 6.73. The number of benzene rings is 6. The molecule has 8 rings (SSSR count). The number of nitro groups is 1. The molecule has 2 aromatic heterocycles. The summed E-state index contributed by atoms with van der Waals surface area (Å²) in [6.45, 7) is 0. The summed E-state index contributed by atoms with van der Waals surface area (Å²) in [6, 6.07) is 33.8. The fourth-order valence-electron chi connectivity index (χ4n) is 5.52. The van der Waals surface area contributed by atoms with Crippen molar-refractivity contribution in [1.29, 1.82) is 0 Å². The van der Waals surface area contributed by atoms with Gasteiger partial charge in [0.15, 0.2) is 0 Å².